The molecule has 0 saturated carbocycles. The fourth-order valence-corrected chi connectivity index (χ4v) is 4.98. The second-order valence-corrected chi connectivity index (χ2v) is 8.78. The largest absolute Gasteiger partial charge is 0.351 e. The molecule has 0 bridgehead atoms. The molecule has 2 aliphatic rings. The van der Waals surface area contributed by atoms with Crippen molar-refractivity contribution in [2.45, 2.75) is 24.2 Å². The summed E-state index contributed by atoms with van der Waals surface area (Å²) in [5.74, 6) is -0.226. The summed E-state index contributed by atoms with van der Waals surface area (Å²) in [7, 11) is -3.52. The number of rotatable bonds is 6. The van der Waals surface area contributed by atoms with Crippen LogP contribution in [0, 0.1) is 0 Å². The van der Waals surface area contributed by atoms with Crippen LogP contribution in [0.3, 0.4) is 0 Å². The molecule has 9 heteroatoms. The van der Waals surface area contributed by atoms with E-state index in [0.717, 1.165) is 52.0 Å². The van der Waals surface area contributed by atoms with Crippen molar-refractivity contribution in [1.82, 2.24) is 19.8 Å². The first-order valence-corrected chi connectivity index (χ1v) is 10.8. The van der Waals surface area contributed by atoms with E-state index in [4.69, 9.17) is 0 Å². The Hall–Kier alpha value is -1.19. The van der Waals surface area contributed by atoms with Gasteiger partial charge in [-0.05, 0) is 31.0 Å². The molecule has 0 atom stereocenters. The fourth-order valence-electron chi connectivity index (χ4n) is 3.42. The molecule has 2 fully saturated rings. The minimum absolute atomic E-state index is 0. The number of benzene rings is 1. The Morgan fingerprint density at radius 2 is 1.78 bits per heavy atom. The molecule has 0 aliphatic carbocycles. The number of nitrogens with one attached hydrogen (secondary N) is 2. The Morgan fingerprint density at radius 1 is 1.07 bits per heavy atom. The third-order valence-corrected chi connectivity index (χ3v) is 6.87. The van der Waals surface area contributed by atoms with Crippen molar-refractivity contribution in [3.8, 4) is 0 Å². The van der Waals surface area contributed by atoms with E-state index in [1.807, 2.05) is 0 Å². The quantitative estimate of drug-likeness (QED) is 0.720. The lowest BCUT2D eigenvalue weighted by Crippen LogP contribution is -2.46. The third kappa shape index (κ3) is 5.89. The molecule has 1 aromatic carbocycles. The summed E-state index contributed by atoms with van der Waals surface area (Å²) in [6.45, 7) is 6.40. The Labute approximate surface area is 167 Å². The maximum atomic E-state index is 12.8. The van der Waals surface area contributed by atoms with E-state index in [9.17, 15) is 13.2 Å². The minimum Gasteiger partial charge on any atom is -0.351 e. The van der Waals surface area contributed by atoms with Gasteiger partial charge in [0.2, 0.25) is 10.0 Å². The Bertz CT molecular complexity index is 717. The molecule has 3 rings (SSSR count). The van der Waals surface area contributed by atoms with Crippen LogP contribution in [0.2, 0.25) is 0 Å². The molecule has 1 amide bonds. The van der Waals surface area contributed by atoms with Crippen LogP contribution in [-0.4, -0.2) is 75.9 Å². The third-order valence-electron chi connectivity index (χ3n) is 4.97. The number of nitrogens with zero attached hydrogens (tertiary/aromatic N) is 2. The number of hydrogen-bond acceptors (Lipinski definition) is 5. The maximum absolute atomic E-state index is 12.8. The summed E-state index contributed by atoms with van der Waals surface area (Å²) in [5, 5.41) is 6.19. The van der Waals surface area contributed by atoms with Gasteiger partial charge in [-0.15, -0.1) is 12.4 Å². The van der Waals surface area contributed by atoms with Crippen LogP contribution >= 0.6 is 12.4 Å². The molecular weight excluding hydrogens is 388 g/mol. The number of piperidine rings is 1. The van der Waals surface area contributed by atoms with E-state index >= 15 is 0 Å². The van der Waals surface area contributed by atoms with Gasteiger partial charge >= 0.3 is 0 Å². The van der Waals surface area contributed by atoms with Gasteiger partial charge in [0, 0.05) is 57.9 Å². The summed E-state index contributed by atoms with van der Waals surface area (Å²) >= 11 is 0. The number of amides is 1. The molecule has 2 saturated heterocycles. The topological polar surface area (TPSA) is 81.8 Å². The van der Waals surface area contributed by atoms with E-state index in [1.165, 1.54) is 10.4 Å². The number of carbonyl (C=O) groups is 1. The molecule has 27 heavy (non-hydrogen) atoms. The summed E-state index contributed by atoms with van der Waals surface area (Å²) in [6.07, 6.45) is 2.86. The lowest BCUT2D eigenvalue weighted by Gasteiger charge is -2.27. The first-order chi connectivity index (χ1) is 12.6. The molecule has 2 heterocycles. The monoisotopic (exact) mass is 416 g/mol. The zero-order chi connectivity index (χ0) is 18.4. The van der Waals surface area contributed by atoms with Crippen LogP contribution in [-0.2, 0) is 10.0 Å². The Morgan fingerprint density at radius 3 is 2.48 bits per heavy atom. The minimum atomic E-state index is -3.52. The number of piperazine rings is 1. The van der Waals surface area contributed by atoms with Gasteiger partial charge in [-0.25, -0.2) is 8.42 Å². The van der Waals surface area contributed by atoms with Crippen molar-refractivity contribution in [2.75, 3.05) is 52.4 Å². The average molecular weight is 417 g/mol. The van der Waals surface area contributed by atoms with Gasteiger partial charge in [0.25, 0.3) is 5.91 Å². The molecule has 2 N–H and O–H groups in total. The lowest BCUT2D eigenvalue weighted by molar-refractivity contribution is 0.0947. The van der Waals surface area contributed by atoms with Crippen molar-refractivity contribution < 1.29 is 13.2 Å². The van der Waals surface area contributed by atoms with Crippen LogP contribution in [0.15, 0.2) is 29.2 Å². The van der Waals surface area contributed by atoms with Crippen LogP contribution in [0.1, 0.15) is 29.6 Å². The van der Waals surface area contributed by atoms with Crippen molar-refractivity contribution in [3.05, 3.63) is 29.8 Å². The van der Waals surface area contributed by atoms with Crippen molar-refractivity contribution >= 4 is 28.3 Å². The van der Waals surface area contributed by atoms with Crippen molar-refractivity contribution in [1.29, 1.82) is 0 Å². The number of halogens is 1. The Kier molecular flexibility index (Phi) is 8.50. The molecule has 0 radical (unpaired) electrons. The van der Waals surface area contributed by atoms with E-state index in [-0.39, 0.29) is 23.2 Å². The van der Waals surface area contributed by atoms with Gasteiger partial charge in [0.1, 0.15) is 0 Å². The van der Waals surface area contributed by atoms with E-state index < -0.39 is 10.0 Å². The zero-order valence-corrected chi connectivity index (χ0v) is 17.2. The van der Waals surface area contributed by atoms with Gasteiger partial charge in [0.05, 0.1) is 4.90 Å². The van der Waals surface area contributed by atoms with Crippen LogP contribution in [0.4, 0.5) is 0 Å². The molecule has 0 aromatic heterocycles. The molecular formula is C18H29ClN4O3S. The fraction of sp³-hybridized carbons (Fsp3) is 0.611. The molecule has 2 aliphatic heterocycles. The van der Waals surface area contributed by atoms with Gasteiger partial charge in [-0.3, -0.25) is 9.69 Å². The lowest BCUT2D eigenvalue weighted by atomic mass is 10.2. The van der Waals surface area contributed by atoms with E-state index in [2.05, 4.69) is 15.5 Å². The Balaban J connectivity index is 0.00000261. The molecule has 1 aromatic rings. The summed E-state index contributed by atoms with van der Waals surface area (Å²) in [6, 6.07) is 6.36. The summed E-state index contributed by atoms with van der Waals surface area (Å²) in [5.41, 5.74) is 0.392. The highest BCUT2D eigenvalue weighted by Crippen LogP contribution is 2.21. The van der Waals surface area contributed by atoms with E-state index in [1.54, 1.807) is 18.2 Å². The van der Waals surface area contributed by atoms with Gasteiger partial charge in [0.15, 0.2) is 0 Å². The van der Waals surface area contributed by atoms with Gasteiger partial charge in [-0.1, -0.05) is 12.5 Å². The first-order valence-electron chi connectivity index (χ1n) is 9.39. The maximum Gasteiger partial charge on any atom is 0.251 e. The summed E-state index contributed by atoms with van der Waals surface area (Å²) < 4.78 is 27.1. The zero-order valence-electron chi connectivity index (χ0n) is 15.5. The van der Waals surface area contributed by atoms with E-state index in [0.29, 0.717) is 25.2 Å². The molecule has 0 spiro atoms. The molecule has 7 nitrogen and oxygen atoms in total. The number of hydrogen-bond donors (Lipinski definition) is 2. The van der Waals surface area contributed by atoms with Crippen molar-refractivity contribution in [3.63, 3.8) is 0 Å². The second-order valence-electron chi connectivity index (χ2n) is 6.84. The van der Waals surface area contributed by atoms with Crippen LogP contribution in [0.25, 0.3) is 0 Å². The van der Waals surface area contributed by atoms with Gasteiger partial charge in [-0.2, -0.15) is 4.31 Å². The average Bonchev–Trinajstić information content (AvgIpc) is 2.69. The van der Waals surface area contributed by atoms with Crippen LogP contribution < -0.4 is 10.6 Å². The normalized spacial score (nSPS) is 19.3. The van der Waals surface area contributed by atoms with Gasteiger partial charge < -0.3 is 10.6 Å². The summed E-state index contributed by atoms with van der Waals surface area (Å²) in [4.78, 5) is 14.9. The predicted octanol–water partition coefficient (Wildman–Crippen LogP) is 0.918. The highest BCUT2D eigenvalue weighted by molar-refractivity contribution is 7.89. The highest BCUT2D eigenvalue weighted by Gasteiger charge is 2.26. The number of sulfonamides is 1. The standard InChI is InChI=1S/C18H28N4O3S.ClH/c23-18(20-9-14-21-12-7-19-8-13-21)16-5-4-6-17(15-16)26(24,25)22-10-2-1-3-11-22;/h4-6,15,19H,1-3,7-14H2,(H,20,23);1H. The smallest absolute Gasteiger partial charge is 0.251 e. The van der Waals surface area contributed by atoms with Crippen molar-refractivity contribution in [2.24, 2.45) is 0 Å². The SMILES string of the molecule is Cl.O=C(NCCN1CCNCC1)c1cccc(S(=O)(=O)N2CCCCC2)c1. The number of carbonyl (C=O) groups excluding carboxylic acids is 1. The first kappa shape index (κ1) is 22.1. The molecule has 152 valence electrons. The predicted molar refractivity (Wildman–Crippen MR) is 108 cm³/mol. The second kappa shape index (κ2) is 10.4. The highest BCUT2D eigenvalue weighted by atomic mass is 35.5. The molecule has 0 unspecified atom stereocenters. The van der Waals surface area contributed by atoms with Crippen LogP contribution in [0.5, 0.6) is 0 Å².